The van der Waals surface area contributed by atoms with Gasteiger partial charge in [0.05, 0.1) is 16.5 Å². The van der Waals surface area contributed by atoms with Crippen LogP contribution >= 0.6 is 0 Å². The molecule has 1 N–H and O–H groups in total. The van der Waals surface area contributed by atoms with Crippen LogP contribution in [0.25, 0.3) is 10.9 Å². The van der Waals surface area contributed by atoms with Crippen LogP contribution in [0.15, 0.2) is 83.8 Å². The number of fused-ring (bicyclic) bond motifs is 1. The van der Waals surface area contributed by atoms with E-state index in [-0.39, 0.29) is 6.04 Å². The Morgan fingerprint density at radius 2 is 1.53 bits per heavy atom. The summed E-state index contributed by atoms with van der Waals surface area (Å²) in [6, 6.07) is 25.6. The van der Waals surface area contributed by atoms with Crippen molar-refractivity contribution in [2.75, 3.05) is 31.5 Å². The smallest absolute Gasteiger partial charge is 0.243 e. The van der Waals surface area contributed by atoms with Gasteiger partial charge < -0.3 is 5.32 Å². The number of benzene rings is 3. The number of aryl methyl sites for hydroxylation is 1. The van der Waals surface area contributed by atoms with E-state index in [9.17, 15) is 8.42 Å². The van der Waals surface area contributed by atoms with E-state index >= 15 is 0 Å². The van der Waals surface area contributed by atoms with Gasteiger partial charge in [0.2, 0.25) is 10.0 Å². The summed E-state index contributed by atoms with van der Waals surface area (Å²) >= 11 is 0. The molecular weight excluding hydrogens is 494 g/mol. The molecule has 8 heteroatoms. The molecule has 1 aromatic heterocycles. The molecule has 198 valence electrons. The fraction of sp³-hybridized carbons (Fsp3) is 0.333. The maximum absolute atomic E-state index is 13.3. The van der Waals surface area contributed by atoms with Gasteiger partial charge in [-0.3, -0.25) is 4.90 Å². The molecule has 1 saturated heterocycles. The average Bonchev–Trinajstić information content (AvgIpc) is 2.96. The van der Waals surface area contributed by atoms with Crippen molar-refractivity contribution in [2.45, 2.75) is 44.2 Å². The first-order valence-electron chi connectivity index (χ1n) is 13.3. The average molecular weight is 530 g/mol. The molecule has 1 aliphatic rings. The summed E-state index contributed by atoms with van der Waals surface area (Å²) in [5.41, 5.74) is 3.24. The molecule has 38 heavy (non-hydrogen) atoms. The number of para-hydroxylation sites is 1. The lowest BCUT2D eigenvalue weighted by Gasteiger charge is -2.37. The molecule has 7 nitrogen and oxygen atoms in total. The van der Waals surface area contributed by atoms with E-state index in [1.54, 1.807) is 16.4 Å². The first kappa shape index (κ1) is 26.3. The van der Waals surface area contributed by atoms with Gasteiger partial charge in [-0.25, -0.2) is 18.4 Å². The number of sulfonamides is 1. The van der Waals surface area contributed by atoms with Crippen LogP contribution in [0, 0.1) is 0 Å². The van der Waals surface area contributed by atoms with Gasteiger partial charge in [0.15, 0.2) is 0 Å². The number of nitrogens with one attached hydrogen (secondary N) is 1. The molecule has 0 bridgehead atoms. The van der Waals surface area contributed by atoms with E-state index in [1.165, 1.54) is 5.56 Å². The second kappa shape index (κ2) is 11.6. The van der Waals surface area contributed by atoms with E-state index in [0.29, 0.717) is 37.6 Å². The first-order valence-corrected chi connectivity index (χ1v) is 14.8. The minimum absolute atomic E-state index is 0.0462. The number of anilines is 1. The summed E-state index contributed by atoms with van der Waals surface area (Å²) in [5.74, 6) is 1.55. The highest BCUT2D eigenvalue weighted by molar-refractivity contribution is 7.89. The third-order valence-electron chi connectivity index (χ3n) is 7.22. The van der Waals surface area contributed by atoms with Gasteiger partial charge in [0, 0.05) is 38.1 Å². The topological polar surface area (TPSA) is 78.4 Å². The summed E-state index contributed by atoms with van der Waals surface area (Å²) in [5, 5.41) is 4.49. The van der Waals surface area contributed by atoms with E-state index < -0.39 is 10.0 Å². The Balaban J connectivity index is 1.29. The van der Waals surface area contributed by atoms with Crippen LogP contribution in [0.1, 0.15) is 43.3 Å². The summed E-state index contributed by atoms with van der Waals surface area (Å²) in [7, 11) is -3.51. The molecule has 0 saturated carbocycles. The molecule has 0 unspecified atom stereocenters. The normalized spacial score (nSPS) is 15.9. The number of hydrogen-bond acceptors (Lipinski definition) is 6. The van der Waals surface area contributed by atoms with Gasteiger partial charge in [-0.05, 0) is 48.7 Å². The molecule has 1 aliphatic heterocycles. The van der Waals surface area contributed by atoms with Gasteiger partial charge >= 0.3 is 0 Å². The van der Waals surface area contributed by atoms with Crippen LogP contribution in [-0.2, 0) is 23.0 Å². The van der Waals surface area contributed by atoms with Crippen molar-refractivity contribution in [3.8, 4) is 0 Å². The summed E-state index contributed by atoms with van der Waals surface area (Å²) in [6.07, 6.45) is 2.00. The number of rotatable bonds is 9. The molecule has 5 rings (SSSR count). The minimum Gasteiger partial charge on any atom is -0.365 e. The predicted octanol–water partition coefficient (Wildman–Crippen LogP) is 5.26. The highest BCUT2D eigenvalue weighted by atomic mass is 32.2. The number of nitrogens with zero attached hydrogens (tertiary/aromatic N) is 4. The zero-order valence-corrected chi connectivity index (χ0v) is 22.9. The second-order valence-electron chi connectivity index (χ2n) is 9.80. The lowest BCUT2D eigenvalue weighted by molar-refractivity contribution is 0.141. The third kappa shape index (κ3) is 5.72. The molecular formula is C30H35N5O2S. The third-order valence-corrected chi connectivity index (χ3v) is 9.13. The highest BCUT2D eigenvalue weighted by Crippen LogP contribution is 2.27. The Labute approximate surface area is 225 Å². The van der Waals surface area contributed by atoms with Gasteiger partial charge in [-0.2, -0.15) is 4.31 Å². The maximum Gasteiger partial charge on any atom is 0.243 e. The van der Waals surface area contributed by atoms with Crippen molar-refractivity contribution < 1.29 is 8.42 Å². The fourth-order valence-corrected chi connectivity index (χ4v) is 6.38. The zero-order chi connectivity index (χ0) is 26.5. The Morgan fingerprint density at radius 1 is 0.842 bits per heavy atom. The van der Waals surface area contributed by atoms with Crippen LogP contribution in [0.5, 0.6) is 0 Å². The van der Waals surface area contributed by atoms with Gasteiger partial charge in [0.25, 0.3) is 0 Å². The van der Waals surface area contributed by atoms with Crippen LogP contribution in [-0.4, -0.2) is 53.8 Å². The zero-order valence-electron chi connectivity index (χ0n) is 22.0. The number of aromatic nitrogens is 2. The fourth-order valence-electron chi connectivity index (χ4n) is 4.96. The molecule has 0 spiro atoms. The first-order chi connectivity index (χ1) is 18.5. The molecule has 1 fully saturated rings. The quantitative estimate of drug-likeness (QED) is 0.319. The molecule has 0 radical (unpaired) electrons. The maximum atomic E-state index is 13.3. The van der Waals surface area contributed by atoms with Crippen molar-refractivity contribution in [2.24, 2.45) is 0 Å². The molecule has 4 aromatic rings. The van der Waals surface area contributed by atoms with Crippen LogP contribution in [0.4, 0.5) is 5.82 Å². The standard InChI is InChI=1S/C30H35N5O2S/c1-3-9-24-14-16-26(17-15-24)38(36,37)35-20-18-34(19-21-35)23(2)29-32-28-13-8-7-12-27(28)30(33-29)31-22-25-10-5-4-6-11-25/h4-8,10-17,23H,3,9,18-22H2,1-2H3,(H,31,32,33)/t23-/m0/s1. The van der Waals surface area contributed by atoms with Crippen molar-refractivity contribution in [3.05, 3.63) is 95.8 Å². The van der Waals surface area contributed by atoms with Crippen LogP contribution in [0.3, 0.4) is 0 Å². The Kier molecular flexibility index (Phi) is 8.02. The van der Waals surface area contributed by atoms with Crippen molar-refractivity contribution in [3.63, 3.8) is 0 Å². The molecule has 0 amide bonds. The van der Waals surface area contributed by atoms with E-state index in [2.05, 4.69) is 36.2 Å². The molecule has 2 heterocycles. The Morgan fingerprint density at radius 3 is 2.24 bits per heavy atom. The molecule has 3 aromatic carbocycles. The van der Waals surface area contributed by atoms with Crippen molar-refractivity contribution in [1.29, 1.82) is 0 Å². The Bertz CT molecular complexity index is 1470. The van der Waals surface area contributed by atoms with Crippen LogP contribution in [0.2, 0.25) is 0 Å². The second-order valence-corrected chi connectivity index (χ2v) is 11.7. The molecule has 0 aliphatic carbocycles. The number of hydrogen-bond donors (Lipinski definition) is 1. The van der Waals surface area contributed by atoms with E-state index in [1.807, 2.05) is 54.6 Å². The highest BCUT2D eigenvalue weighted by Gasteiger charge is 2.31. The monoisotopic (exact) mass is 529 g/mol. The van der Waals surface area contributed by atoms with Crippen molar-refractivity contribution >= 4 is 26.7 Å². The SMILES string of the molecule is CCCc1ccc(S(=O)(=O)N2CCN([C@@H](C)c3nc(NCc4ccccc4)c4ccccc4n3)CC2)cc1. The predicted molar refractivity (Wildman–Crippen MR) is 152 cm³/mol. The summed E-state index contributed by atoms with van der Waals surface area (Å²) in [6.45, 7) is 7.02. The largest absolute Gasteiger partial charge is 0.365 e. The lowest BCUT2D eigenvalue weighted by Crippen LogP contribution is -2.49. The Hall–Kier alpha value is -3.33. The minimum atomic E-state index is -3.51. The molecule has 1 atom stereocenters. The summed E-state index contributed by atoms with van der Waals surface area (Å²) < 4.78 is 28.1. The van der Waals surface area contributed by atoms with Gasteiger partial charge in [-0.15, -0.1) is 0 Å². The van der Waals surface area contributed by atoms with Crippen molar-refractivity contribution in [1.82, 2.24) is 19.2 Å². The van der Waals surface area contributed by atoms with Crippen LogP contribution < -0.4 is 5.32 Å². The lowest BCUT2D eigenvalue weighted by atomic mass is 10.1. The summed E-state index contributed by atoms with van der Waals surface area (Å²) in [4.78, 5) is 12.4. The van der Waals surface area contributed by atoms with Gasteiger partial charge in [0.1, 0.15) is 11.6 Å². The van der Waals surface area contributed by atoms with E-state index in [4.69, 9.17) is 9.97 Å². The van der Waals surface area contributed by atoms with E-state index in [0.717, 1.165) is 41.0 Å². The van der Waals surface area contributed by atoms with Gasteiger partial charge in [-0.1, -0.05) is 67.9 Å². The number of piperazine rings is 1.